The normalized spacial score (nSPS) is 24.8. The fraction of sp³-hybridized carbons (Fsp3) is 0.500. The zero-order valence-corrected chi connectivity index (χ0v) is 14.2. The Morgan fingerprint density at radius 3 is 3.00 bits per heavy atom. The molecule has 3 rings (SSSR count). The number of carbonyl (C=O) groups excluding carboxylic acids is 1. The third-order valence-corrected chi connectivity index (χ3v) is 6.32. The largest absolute Gasteiger partial charge is 0.377 e. The summed E-state index contributed by atoms with van der Waals surface area (Å²) >= 11 is 1.53. The summed E-state index contributed by atoms with van der Waals surface area (Å²) in [5.74, 6) is 0.570. The Morgan fingerprint density at radius 2 is 2.22 bits per heavy atom. The fourth-order valence-electron chi connectivity index (χ4n) is 2.51. The smallest absolute Gasteiger partial charge is 0.241 e. The first kappa shape index (κ1) is 16.7. The first-order chi connectivity index (χ1) is 11.0. The van der Waals surface area contributed by atoms with Crippen LogP contribution in [0.15, 0.2) is 28.0 Å². The van der Waals surface area contributed by atoms with E-state index in [-0.39, 0.29) is 23.5 Å². The molecule has 0 saturated carbocycles. The molecule has 7 nitrogen and oxygen atoms in total. The number of amides is 1. The van der Waals surface area contributed by atoms with Crippen molar-refractivity contribution in [2.24, 2.45) is 0 Å². The van der Waals surface area contributed by atoms with E-state index in [1.165, 1.54) is 24.9 Å². The summed E-state index contributed by atoms with van der Waals surface area (Å²) in [5, 5.41) is 2.75. The zero-order chi connectivity index (χ0) is 16.4. The molecule has 126 valence electrons. The van der Waals surface area contributed by atoms with Crippen molar-refractivity contribution in [2.45, 2.75) is 28.4 Å². The van der Waals surface area contributed by atoms with Gasteiger partial charge in [0.2, 0.25) is 15.9 Å². The molecule has 0 spiro atoms. The maximum absolute atomic E-state index is 12.6. The lowest BCUT2D eigenvalue weighted by molar-refractivity contribution is -0.115. The van der Waals surface area contributed by atoms with E-state index in [1.807, 2.05) is 0 Å². The number of hydrogen-bond acceptors (Lipinski definition) is 6. The number of methoxy groups -OCH3 is 1. The van der Waals surface area contributed by atoms with E-state index in [1.54, 1.807) is 12.1 Å². The first-order valence-electron chi connectivity index (χ1n) is 7.19. The highest BCUT2D eigenvalue weighted by molar-refractivity contribution is 7.99. The number of carbonyl (C=O) groups is 1. The van der Waals surface area contributed by atoms with Crippen molar-refractivity contribution >= 4 is 33.4 Å². The van der Waals surface area contributed by atoms with Crippen LogP contribution in [-0.2, 0) is 24.3 Å². The van der Waals surface area contributed by atoms with Crippen LogP contribution in [0.5, 0.6) is 0 Å². The van der Waals surface area contributed by atoms with E-state index >= 15 is 0 Å². The second kappa shape index (κ2) is 6.78. The van der Waals surface area contributed by atoms with Crippen molar-refractivity contribution in [1.82, 2.24) is 4.72 Å². The molecular weight excluding hydrogens is 340 g/mol. The lowest BCUT2D eigenvalue weighted by atomic mass is 10.2. The Bertz CT molecular complexity index is 707. The van der Waals surface area contributed by atoms with Gasteiger partial charge in [0.15, 0.2) is 0 Å². The Hall–Kier alpha value is -1.13. The average molecular weight is 358 g/mol. The molecule has 1 fully saturated rings. The van der Waals surface area contributed by atoms with Crippen LogP contribution in [0.4, 0.5) is 5.69 Å². The van der Waals surface area contributed by atoms with E-state index in [4.69, 9.17) is 9.47 Å². The van der Waals surface area contributed by atoms with Gasteiger partial charge in [0.05, 0.1) is 35.9 Å². The number of ether oxygens (including phenoxy) is 2. The highest BCUT2D eigenvalue weighted by Crippen LogP contribution is 2.32. The number of thioether (sulfide) groups is 1. The van der Waals surface area contributed by atoms with Gasteiger partial charge >= 0.3 is 0 Å². The third-order valence-electron chi connectivity index (χ3n) is 3.76. The zero-order valence-electron chi connectivity index (χ0n) is 12.6. The first-order valence-corrected chi connectivity index (χ1v) is 9.66. The van der Waals surface area contributed by atoms with Crippen molar-refractivity contribution in [3.8, 4) is 0 Å². The van der Waals surface area contributed by atoms with Gasteiger partial charge in [-0.25, -0.2) is 13.1 Å². The van der Waals surface area contributed by atoms with Gasteiger partial charge in [-0.05, 0) is 18.2 Å². The monoisotopic (exact) mass is 358 g/mol. The molecule has 0 radical (unpaired) electrons. The van der Waals surface area contributed by atoms with Crippen molar-refractivity contribution in [1.29, 1.82) is 0 Å². The fourth-order valence-corrected chi connectivity index (χ4v) is 4.72. The van der Waals surface area contributed by atoms with Gasteiger partial charge in [0.25, 0.3) is 0 Å². The van der Waals surface area contributed by atoms with Crippen LogP contribution in [0.1, 0.15) is 6.42 Å². The Labute approximate surface area is 139 Å². The van der Waals surface area contributed by atoms with E-state index in [0.717, 1.165) is 4.90 Å². The molecule has 0 unspecified atom stereocenters. The van der Waals surface area contributed by atoms with Gasteiger partial charge < -0.3 is 14.8 Å². The minimum atomic E-state index is -3.72. The third kappa shape index (κ3) is 3.69. The molecule has 0 aromatic heterocycles. The van der Waals surface area contributed by atoms with Crippen LogP contribution in [0.25, 0.3) is 0 Å². The Morgan fingerprint density at radius 1 is 1.39 bits per heavy atom. The topological polar surface area (TPSA) is 93.7 Å². The minimum Gasteiger partial charge on any atom is -0.377 e. The molecule has 1 saturated heterocycles. The second-order valence-corrected chi connectivity index (χ2v) is 8.19. The quantitative estimate of drug-likeness (QED) is 0.827. The van der Waals surface area contributed by atoms with Gasteiger partial charge in [-0.3, -0.25) is 4.79 Å². The maximum Gasteiger partial charge on any atom is 0.241 e. The molecule has 2 atom stereocenters. The molecule has 2 aliphatic rings. The summed E-state index contributed by atoms with van der Waals surface area (Å²) in [7, 11) is -2.20. The van der Waals surface area contributed by atoms with Crippen LogP contribution in [-0.4, -0.2) is 52.5 Å². The number of benzene rings is 1. The molecule has 0 aliphatic carbocycles. The van der Waals surface area contributed by atoms with Gasteiger partial charge in [-0.1, -0.05) is 0 Å². The summed E-state index contributed by atoms with van der Waals surface area (Å²) in [5.41, 5.74) is 0.534. The molecule has 23 heavy (non-hydrogen) atoms. The standard InChI is InChI=1S/C14H18N2O5S2/c1-20-12-8-21-7-11(12)16-23(18,19)9-2-3-13-10(6-9)15-14(17)4-5-22-13/h2-3,6,11-12,16H,4-5,7-8H2,1H3,(H,15,17)/t11-,12-/m0/s1. The van der Waals surface area contributed by atoms with Crippen molar-refractivity contribution in [3.63, 3.8) is 0 Å². The van der Waals surface area contributed by atoms with Gasteiger partial charge in [-0.2, -0.15) is 0 Å². The van der Waals surface area contributed by atoms with Crippen LogP contribution in [0, 0.1) is 0 Å². The summed E-state index contributed by atoms with van der Waals surface area (Å²) in [6, 6.07) is 4.33. The van der Waals surface area contributed by atoms with Crippen molar-refractivity contribution < 1.29 is 22.7 Å². The van der Waals surface area contributed by atoms with Crippen LogP contribution in [0.3, 0.4) is 0 Å². The van der Waals surface area contributed by atoms with Crippen molar-refractivity contribution in [2.75, 3.05) is 31.4 Å². The molecule has 2 N–H and O–H groups in total. The summed E-state index contributed by atoms with van der Waals surface area (Å²) in [6.07, 6.45) is 0.107. The molecule has 2 heterocycles. The average Bonchev–Trinajstić information content (AvgIpc) is 2.85. The van der Waals surface area contributed by atoms with E-state index in [0.29, 0.717) is 24.5 Å². The SMILES string of the molecule is CO[C@H]1COC[C@@H]1NS(=O)(=O)c1ccc2c(c1)NC(=O)CCS2. The van der Waals surface area contributed by atoms with Crippen LogP contribution < -0.4 is 10.0 Å². The van der Waals surface area contributed by atoms with Crippen molar-refractivity contribution in [3.05, 3.63) is 18.2 Å². The molecule has 0 bridgehead atoms. The number of nitrogens with one attached hydrogen (secondary N) is 2. The highest BCUT2D eigenvalue weighted by atomic mass is 32.2. The summed E-state index contributed by atoms with van der Waals surface area (Å²) < 4.78 is 38.2. The molecule has 1 aromatic carbocycles. The highest BCUT2D eigenvalue weighted by Gasteiger charge is 2.32. The maximum atomic E-state index is 12.6. The molecule has 1 aromatic rings. The molecule has 2 aliphatic heterocycles. The lowest BCUT2D eigenvalue weighted by Gasteiger charge is -2.18. The van der Waals surface area contributed by atoms with Crippen LogP contribution >= 0.6 is 11.8 Å². The lowest BCUT2D eigenvalue weighted by Crippen LogP contribution is -2.43. The molecule has 1 amide bonds. The second-order valence-electron chi connectivity index (χ2n) is 5.34. The van der Waals surface area contributed by atoms with E-state index in [9.17, 15) is 13.2 Å². The predicted octanol–water partition coefficient (Wildman–Crippen LogP) is 0.813. The predicted molar refractivity (Wildman–Crippen MR) is 86.1 cm³/mol. The Kier molecular flexibility index (Phi) is 4.93. The van der Waals surface area contributed by atoms with Gasteiger partial charge in [0.1, 0.15) is 0 Å². The number of rotatable bonds is 4. The molecule has 9 heteroatoms. The summed E-state index contributed by atoms with van der Waals surface area (Å²) in [4.78, 5) is 12.6. The number of fused-ring (bicyclic) bond motifs is 1. The van der Waals surface area contributed by atoms with Gasteiger partial charge in [0, 0.05) is 24.2 Å². The molecular formula is C14H18N2O5S2. The van der Waals surface area contributed by atoms with Crippen LogP contribution in [0.2, 0.25) is 0 Å². The minimum absolute atomic E-state index is 0.109. The van der Waals surface area contributed by atoms with Gasteiger partial charge in [-0.15, -0.1) is 11.8 Å². The van der Waals surface area contributed by atoms with E-state index in [2.05, 4.69) is 10.0 Å². The number of sulfonamides is 1. The summed E-state index contributed by atoms with van der Waals surface area (Å²) in [6.45, 7) is 0.635. The number of hydrogen-bond donors (Lipinski definition) is 2. The Balaban J connectivity index is 1.84. The number of anilines is 1. The van der Waals surface area contributed by atoms with E-state index < -0.39 is 16.1 Å².